The van der Waals surface area contributed by atoms with Crippen molar-refractivity contribution < 1.29 is 10.2 Å². The normalized spacial score (nSPS) is 12.8. The highest BCUT2D eigenvalue weighted by Crippen LogP contribution is 2.10. The number of nitrogens with one attached hydrogen (secondary N) is 1. The van der Waals surface area contributed by atoms with E-state index in [1.165, 1.54) is 12.4 Å². The molecule has 6 heteroatoms. The van der Waals surface area contributed by atoms with Gasteiger partial charge in [0.25, 0.3) is 5.56 Å². The maximum atomic E-state index is 11.0. The molecule has 0 fully saturated rings. The highest BCUT2D eigenvalue weighted by molar-refractivity contribution is 7.99. The Bertz CT molecular complexity index is 315. The van der Waals surface area contributed by atoms with Crippen LogP contribution >= 0.6 is 11.8 Å². The first kappa shape index (κ1) is 10.2. The summed E-state index contributed by atoms with van der Waals surface area (Å²) in [7, 11) is 0. The minimum atomic E-state index is -0.814. The fourth-order valence-electron chi connectivity index (χ4n) is 0.669. The van der Waals surface area contributed by atoms with Crippen LogP contribution in [0.3, 0.4) is 0 Å². The van der Waals surface area contributed by atoms with Crippen molar-refractivity contribution in [3.8, 4) is 0 Å². The van der Waals surface area contributed by atoms with Crippen molar-refractivity contribution >= 4 is 11.8 Å². The van der Waals surface area contributed by atoms with Gasteiger partial charge in [0, 0.05) is 18.1 Å². The fourth-order valence-corrected chi connectivity index (χ4v) is 1.45. The highest BCUT2D eigenvalue weighted by atomic mass is 32.2. The molecule has 0 spiro atoms. The summed E-state index contributed by atoms with van der Waals surface area (Å²) < 4.78 is 0. The molecule has 0 aliphatic heterocycles. The molecule has 0 saturated heterocycles. The number of aliphatic hydroxyl groups is 2. The molecule has 0 saturated carbocycles. The lowest BCUT2D eigenvalue weighted by molar-refractivity contribution is 0.113. The lowest BCUT2D eigenvalue weighted by atomic mass is 10.4. The van der Waals surface area contributed by atoms with Crippen LogP contribution in [0.25, 0.3) is 0 Å². The van der Waals surface area contributed by atoms with Crippen LogP contribution in [-0.4, -0.2) is 38.6 Å². The molecule has 0 bridgehead atoms. The van der Waals surface area contributed by atoms with E-state index in [1.807, 2.05) is 0 Å². The zero-order valence-electron chi connectivity index (χ0n) is 6.80. The number of hydrogen-bond acceptors (Lipinski definition) is 5. The molecular formula is C7H10N2O3S. The third-order valence-electron chi connectivity index (χ3n) is 1.30. The van der Waals surface area contributed by atoms with E-state index in [-0.39, 0.29) is 17.9 Å². The molecule has 72 valence electrons. The maximum absolute atomic E-state index is 11.0. The molecule has 0 radical (unpaired) electrons. The van der Waals surface area contributed by atoms with Gasteiger partial charge in [0.2, 0.25) is 0 Å². The minimum Gasteiger partial charge on any atom is -0.394 e. The van der Waals surface area contributed by atoms with E-state index in [0.717, 1.165) is 11.8 Å². The molecule has 1 aromatic rings. The molecule has 0 amide bonds. The van der Waals surface area contributed by atoms with Crippen molar-refractivity contribution in [2.75, 3.05) is 12.4 Å². The Balaban J connectivity index is 2.55. The first-order valence-corrected chi connectivity index (χ1v) is 4.68. The van der Waals surface area contributed by atoms with E-state index in [2.05, 4.69) is 9.97 Å². The van der Waals surface area contributed by atoms with Gasteiger partial charge in [0.15, 0.2) is 5.03 Å². The first-order valence-electron chi connectivity index (χ1n) is 3.69. The zero-order valence-corrected chi connectivity index (χ0v) is 7.62. The monoisotopic (exact) mass is 202 g/mol. The van der Waals surface area contributed by atoms with Crippen molar-refractivity contribution in [3.63, 3.8) is 0 Å². The molecule has 5 nitrogen and oxygen atoms in total. The van der Waals surface area contributed by atoms with Gasteiger partial charge in [-0.15, -0.1) is 0 Å². The van der Waals surface area contributed by atoms with Gasteiger partial charge in [0.05, 0.1) is 12.7 Å². The summed E-state index contributed by atoms with van der Waals surface area (Å²) in [6.07, 6.45) is 2.09. The highest BCUT2D eigenvalue weighted by Gasteiger charge is 2.05. The Morgan fingerprint density at radius 3 is 3.08 bits per heavy atom. The van der Waals surface area contributed by atoms with Gasteiger partial charge in [-0.25, -0.2) is 4.98 Å². The molecule has 3 N–H and O–H groups in total. The number of aromatic amines is 1. The van der Waals surface area contributed by atoms with Gasteiger partial charge in [-0.1, -0.05) is 11.8 Å². The lowest BCUT2D eigenvalue weighted by Crippen LogP contribution is -2.17. The zero-order chi connectivity index (χ0) is 9.68. The van der Waals surface area contributed by atoms with Crippen LogP contribution in [0.2, 0.25) is 0 Å². The van der Waals surface area contributed by atoms with Crippen molar-refractivity contribution in [3.05, 3.63) is 22.7 Å². The SMILES string of the molecule is O=c1[nH]ccnc1SCC(O)CO. The van der Waals surface area contributed by atoms with Crippen LogP contribution in [0.4, 0.5) is 0 Å². The summed E-state index contributed by atoms with van der Waals surface area (Å²) in [4.78, 5) is 17.3. The number of rotatable bonds is 4. The standard InChI is InChI=1S/C7H10N2O3S/c10-3-5(11)4-13-7-6(12)8-1-2-9-7/h1-2,5,10-11H,3-4H2,(H,8,12). The predicted molar refractivity (Wildman–Crippen MR) is 48.7 cm³/mol. The smallest absolute Gasteiger partial charge is 0.280 e. The van der Waals surface area contributed by atoms with Gasteiger partial charge >= 0.3 is 0 Å². The van der Waals surface area contributed by atoms with E-state index < -0.39 is 6.10 Å². The van der Waals surface area contributed by atoms with Crippen LogP contribution < -0.4 is 5.56 Å². The topological polar surface area (TPSA) is 86.2 Å². The number of thioether (sulfide) groups is 1. The van der Waals surface area contributed by atoms with E-state index in [0.29, 0.717) is 5.03 Å². The lowest BCUT2D eigenvalue weighted by Gasteiger charge is -2.04. The van der Waals surface area contributed by atoms with Crippen LogP contribution in [0.1, 0.15) is 0 Å². The maximum Gasteiger partial charge on any atom is 0.280 e. The van der Waals surface area contributed by atoms with Gasteiger partial charge in [0.1, 0.15) is 0 Å². The second-order valence-electron chi connectivity index (χ2n) is 2.37. The first-order chi connectivity index (χ1) is 6.24. The number of aromatic nitrogens is 2. The molecule has 1 unspecified atom stereocenters. The van der Waals surface area contributed by atoms with Gasteiger partial charge in [-0.05, 0) is 0 Å². The average molecular weight is 202 g/mol. The Morgan fingerprint density at radius 1 is 1.69 bits per heavy atom. The Morgan fingerprint density at radius 2 is 2.46 bits per heavy atom. The van der Waals surface area contributed by atoms with Crippen LogP contribution in [-0.2, 0) is 0 Å². The van der Waals surface area contributed by atoms with Crippen molar-refractivity contribution in [2.24, 2.45) is 0 Å². The van der Waals surface area contributed by atoms with E-state index in [4.69, 9.17) is 10.2 Å². The molecule has 1 rings (SSSR count). The van der Waals surface area contributed by atoms with Gasteiger partial charge in [-0.2, -0.15) is 0 Å². The summed E-state index contributed by atoms with van der Waals surface area (Å²) in [6.45, 7) is -0.308. The molecular weight excluding hydrogens is 192 g/mol. The second kappa shape index (κ2) is 5.00. The summed E-state index contributed by atoms with van der Waals surface area (Å²) in [5.41, 5.74) is -0.280. The third-order valence-corrected chi connectivity index (χ3v) is 2.41. The Labute approximate surface area is 78.8 Å². The van der Waals surface area contributed by atoms with Gasteiger partial charge in [-0.3, -0.25) is 4.79 Å². The second-order valence-corrected chi connectivity index (χ2v) is 3.38. The van der Waals surface area contributed by atoms with Crippen molar-refractivity contribution in [1.82, 2.24) is 9.97 Å². The third kappa shape index (κ3) is 3.17. The van der Waals surface area contributed by atoms with Crippen LogP contribution in [0.5, 0.6) is 0 Å². The quantitative estimate of drug-likeness (QED) is 0.557. The molecule has 1 aromatic heterocycles. The largest absolute Gasteiger partial charge is 0.394 e. The summed E-state index contributed by atoms with van der Waals surface area (Å²) in [5.74, 6) is 0.261. The fraction of sp³-hybridized carbons (Fsp3) is 0.429. The summed E-state index contributed by atoms with van der Waals surface area (Å²) in [6, 6.07) is 0. The number of hydrogen-bond donors (Lipinski definition) is 3. The van der Waals surface area contributed by atoms with Crippen molar-refractivity contribution in [1.29, 1.82) is 0 Å². The molecule has 1 atom stereocenters. The van der Waals surface area contributed by atoms with E-state index in [1.54, 1.807) is 0 Å². The Kier molecular flexibility index (Phi) is 3.94. The average Bonchev–Trinajstić information content (AvgIpc) is 2.16. The van der Waals surface area contributed by atoms with E-state index in [9.17, 15) is 4.79 Å². The molecule has 13 heavy (non-hydrogen) atoms. The number of aliphatic hydroxyl groups excluding tert-OH is 2. The molecule has 0 aromatic carbocycles. The molecule has 1 heterocycles. The van der Waals surface area contributed by atoms with E-state index >= 15 is 0 Å². The minimum absolute atomic E-state index is 0.261. The number of nitrogens with zero attached hydrogens (tertiary/aromatic N) is 1. The van der Waals surface area contributed by atoms with Crippen LogP contribution in [0.15, 0.2) is 22.2 Å². The number of H-pyrrole nitrogens is 1. The summed E-state index contributed by atoms with van der Waals surface area (Å²) >= 11 is 1.11. The molecule has 0 aliphatic carbocycles. The summed E-state index contributed by atoms with van der Waals surface area (Å²) in [5, 5.41) is 17.8. The molecule has 0 aliphatic rings. The predicted octanol–water partition coefficient (Wildman–Crippen LogP) is -0.785. The van der Waals surface area contributed by atoms with Crippen molar-refractivity contribution in [2.45, 2.75) is 11.1 Å². The van der Waals surface area contributed by atoms with Crippen LogP contribution in [0, 0.1) is 0 Å². The van der Waals surface area contributed by atoms with Gasteiger partial charge < -0.3 is 15.2 Å². The Hall–Kier alpha value is -0.850.